The fourth-order valence-corrected chi connectivity index (χ4v) is 2.05. The number of oxazole rings is 1. The molecule has 0 saturated heterocycles. The van der Waals surface area contributed by atoms with Gasteiger partial charge >= 0.3 is 5.97 Å². The minimum absolute atomic E-state index is 0.00866. The Kier molecular flexibility index (Phi) is 3.42. The number of carboxylic acids is 1. The zero-order valence-corrected chi connectivity index (χ0v) is 11.5. The zero-order valence-electron chi connectivity index (χ0n) is 11.5. The van der Waals surface area contributed by atoms with Gasteiger partial charge in [0, 0.05) is 5.56 Å². The Bertz CT molecular complexity index is 626. The Hall–Kier alpha value is -2.10. The fraction of sp³-hybridized carbons (Fsp3) is 0.333. The van der Waals surface area contributed by atoms with E-state index in [1.165, 1.54) is 0 Å². The molecule has 100 valence electrons. The number of aromatic carboxylic acids is 1. The van der Waals surface area contributed by atoms with Crippen molar-refractivity contribution in [3.05, 3.63) is 40.8 Å². The number of aryl methyl sites for hydroxylation is 2. The smallest absolute Gasteiger partial charge is 0.373 e. The van der Waals surface area contributed by atoms with Gasteiger partial charge in [-0.25, -0.2) is 9.78 Å². The van der Waals surface area contributed by atoms with E-state index in [1.54, 1.807) is 0 Å². The molecule has 1 aromatic heterocycles. The number of carboxylic acid groups (broad SMARTS) is 1. The second-order valence-corrected chi connectivity index (χ2v) is 5.01. The van der Waals surface area contributed by atoms with Gasteiger partial charge in [0.25, 0.3) is 0 Å². The first kappa shape index (κ1) is 13.3. The van der Waals surface area contributed by atoms with Crippen LogP contribution in [-0.2, 0) is 0 Å². The van der Waals surface area contributed by atoms with Crippen molar-refractivity contribution in [3.8, 4) is 11.5 Å². The summed E-state index contributed by atoms with van der Waals surface area (Å²) in [4.78, 5) is 15.5. The molecule has 1 N–H and O–H groups in total. The topological polar surface area (TPSA) is 63.3 Å². The highest BCUT2D eigenvalue weighted by Gasteiger charge is 2.22. The molecule has 0 unspecified atom stereocenters. The van der Waals surface area contributed by atoms with Crippen LogP contribution in [0.15, 0.2) is 22.6 Å². The standard InChI is InChI=1S/C15H17NO3/c1-8(2)12-13(15(17)18)19-14(16-12)11-6-5-9(3)7-10(11)4/h5-8H,1-4H3,(H,17,18). The van der Waals surface area contributed by atoms with Crippen molar-refractivity contribution in [1.29, 1.82) is 0 Å². The third-order valence-corrected chi connectivity index (χ3v) is 3.01. The van der Waals surface area contributed by atoms with E-state index in [2.05, 4.69) is 4.98 Å². The van der Waals surface area contributed by atoms with Gasteiger partial charge in [-0.3, -0.25) is 0 Å². The summed E-state index contributed by atoms with van der Waals surface area (Å²) in [6.45, 7) is 7.77. The third kappa shape index (κ3) is 2.52. The van der Waals surface area contributed by atoms with E-state index >= 15 is 0 Å². The molecular weight excluding hydrogens is 242 g/mol. The number of carbonyl (C=O) groups is 1. The number of benzene rings is 1. The van der Waals surface area contributed by atoms with E-state index in [0.29, 0.717) is 11.6 Å². The van der Waals surface area contributed by atoms with Gasteiger partial charge < -0.3 is 9.52 Å². The van der Waals surface area contributed by atoms with Gasteiger partial charge in [0.2, 0.25) is 11.7 Å². The van der Waals surface area contributed by atoms with Crippen LogP contribution in [0.5, 0.6) is 0 Å². The van der Waals surface area contributed by atoms with E-state index in [0.717, 1.165) is 16.7 Å². The Balaban J connectivity index is 2.57. The predicted molar refractivity (Wildman–Crippen MR) is 72.5 cm³/mol. The lowest BCUT2D eigenvalue weighted by atomic mass is 10.1. The van der Waals surface area contributed by atoms with Crippen LogP contribution in [0.3, 0.4) is 0 Å². The first-order valence-corrected chi connectivity index (χ1v) is 6.21. The highest BCUT2D eigenvalue weighted by Crippen LogP contribution is 2.28. The molecule has 0 fully saturated rings. The van der Waals surface area contributed by atoms with Gasteiger partial charge in [-0.05, 0) is 31.4 Å². The molecule has 0 spiro atoms. The van der Waals surface area contributed by atoms with E-state index in [1.807, 2.05) is 45.9 Å². The summed E-state index contributed by atoms with van der Waals surface area (Å²) < 4.78 is 5.43. The highest BCUT2D eigenvalue weighted by molar-refractivity contribution is 5.86. The largest absolute Gasteiger partial charge is 0.475 e. The Morgan fingerprint density at radius 3 is 2.47 bits per heavy atom. The molecule has 4 nitrogen and oxygen atoms in total. The van der Waals surface area contributed by atoms with Gasteiger partial charge in [0.15, 0.2) is 0 Å². The molecular formula is C15H17NO3. The summed E-state index contributed by atoms with van der Waals surface area (Å²) >= 11 is 0. The van der Waals surface area contributed by atoms with E-state index < -0.39 is 5.97 Å². The van der Waals surface area contributed by atoms with Crippen molar-refractivity contribution >= 4 is 5.97 Å². The number of hydrogen-bond acceptors (Lipinski definition) is 3. The lowest BCUT2D eigenvalue weighted by Gasteiger charge is -2.02. The molecule has 0 amide bonds. The van der Waals surface area contributed by atoms with Crippen molar-refractivity contribution in [2.75, 3.05) is 0 Å². The number of nitrogens with zero attached hydrogens (tertiary/aromatic N) is 1. The monoisotopic (exact) mass is 259 g/mol. The third-order valence-electron chi connectivity index (χ3n) is 3.01. The quantitative estimate of drug-likeness (QED) is 0.911. The van der Waals surface area contributed by atoms with Crippen LogP contribution in [0.25, 0.3) is 11.5 Å². The van der Waals surface area contributed by atoms with Gasteiger partial charge in [0.05, 0.1) is 5.69 Å². The van der Waals surface area contributed by atoms with Crippen molar-refractivity contribution < 1.29 is 14.3 Å². The summed E-state index contributed by atoms with van der Waals surface area (Å²) in [6, 6.07) is 5.89. The summed E-state index contributed by atoms with van der Waals surface area (Å²) in [5, 5.41) is 9.15. The number of rotatable bonds is 3. The first-order valence-electron chi connectivity index (χ1n) is 6.21. The van der Waals surface area contributed by atoms with Crippen LogP contribution in [0.2, 0.25) is 0 Å². The molecule has 0 atom stereocenters. The first-order chi connectivity index (χ1) is 8.90. The predicted octanol–water partition coefficient (Wildman–Crippen LogP) is 3.78. The maximum atomic E-state index is 11.2. The minimum Gasteiger partial charge on any atom is -0.475 e. The molecule has 19 heavy (non-hydrogen) atoms. The Morgan fingerprint density at radius 1 is 1.32 bits per heavy atom. The van der Waals surface area contributed by atoms with Crippen molar-refractivity contribution in [3.63, 3.8) is 0 Å². The zero-order chi connectivity index (χ0) is 14.2. The molecule has 0 radical (unpaired) electrons. The second-order valence-electron chi connectivity index (χ2n) is 5.01. The summed E-state index contributed by atoms with van der Waals surface area (Å²) in [7, 11) is 0. The van der Waals surface area contributed by atoms with Crippen LogP contribution < -0.4 is 0 Å². The maximum Gasteiger partial charge on any atom is 0.373 e. The highest BCUT2D eigenvalue weighted by atomic mass is 16.4. The van der Waals surface area contributed by atoms with E-state index in [4.69, 9.17) is 9.52 Å². The van der Waals surface area contributed by atoms with Crippen molar-refractivity contribution in [2.45, 2.75) is 33.6 Å². The number of aromatic nitrogens is 1. The normalized spacial score (nSPS) is 11.0. The molecule has 1 aromatic carbocycles. The summed E-state index contributed by atoms with van der Waals surface area (Å²) in [5.41, 5.74) is 3.49. The van der Waals surface area contributed by atoms with Gasteiger partial charge in [-0.15, -0.1) is 0 Å². The van der Waals surface area contributed by atoms with Crippen molar-refractivity contribution in [2.24, 2.45) is 0 Å². The van der Waals surface area contributed by atoms with Gasteiger partial charge in [0.1, 0.15) is 0 Å². The van der Waals surface area contributed by atoms with E-state index in [9.17, 15) is 4.79 Å². The minimum atomic E-state index is -1.08. The molecule has 0 saturated carbocycles. The average Bonchev–Trinajstić information content (AvgIpc) is 2.73. The Morgan fingerprint density at radius 2 is 2.00 bits per heavy atom. The fourth-order valence-electron chi connectivity index (χ4n) is 2.05. The average molecular weight is 259 g/mol. The molecule has 0 aliphatic heterocycles. The van der Waals surface area contributed by atoms with Gasteiger partial charge in [-0.1, -0.05) is 31.5 Å². The molecule has 1 heterocycles. The van der Waals surface area contributed by atoms with Gasteiger partial charge in [-0.2, -0.15) is 0 Å². The summed E-state index contributed by atoms with van der Waals surface area (Å²) in [5.74, 6) is -0.759. The number of hydrogen-bond donors (Lipinski definition) is 1. The lowest BCUT2D eigenvalue weighted by Crippen LogP contribution is -2.01. The van der Waals surface area contributed by atoms with Crippen LogP contribution in [0.1, 0.15) is 47.1 Å². The molecule has 0 aliphatic carbocycles. The SMILES string of the molecule is Cc1ccc(-c2nc(C(C)C)c(C(=O)O)o2)c(C)c1. The molecule has 2 aromatic rings. The van der Waals surface area contributed by atoms with Crippen molar-refractivity contribution in [1.82, 2.24) is 4.98 Å². The molecule has 0 aliphatic rings. The Labute approximate surface area is 112 Å². The maximum absolute atomic E-state index is 11.2. The van der Waals surface area contributed by atoms with Crippen LogP contribution in [0.4, 0.5) is 0 Å². The lowest BCUT2D eigenvalue weighted by molar-refractivity contribution is 0.0661. The second kappa shape index (κ2) is 4.88. The molecule has 4 heteroatoms. The van der Waals surface area contributed by atoms with Crippen LogP contribution in [-0.4, -0.2) is 16.1 Å². The van der Waals surface area contributed by atoms with Crippen LogP contribution >= 0.6 is 0 Å². The molecule has 2 rings (SSSR count). The molecule has 0 bridgehead atoms. The van der Waals surface area contributed by atoms with E-state index in [-0.39, 0.29) is 11.7 Å². The summed E-state index contributed by atoms with van der Waals surface area (Å²) in [6.07, 6.45) is 0. The van der Waals surface area contributed by atoms with Crippen LogP contribution in [0, 0.1) is 13.8 Å².